The van der Waals surface area contributed by atoms with Crippen molar-refractivity contribution in [2.24, 2.45) is 10.9 Å². The lowest BCUT2D eigenvalue weighted by molar-refractivity contribution is -0.148. The van der Waals surface area contributed by atoms with Gasteiger partial charge in [0.2, 0.25) is 6.79 Å². The normalized spacial score (nSPS) is 18.5. The van der Waals surface area contributed by atoms with E-state index in [9.17, 15) is 9.59 Å². The predicted octanol–water partition coefficient (Wildman–Crippen LogP) is 4.92. The van der Waals surface area contributed by atoms with Crippen molar-refractivity contribution in [1.29, 1.82) is 0 Å². The molecule has 2 aliphatic rings. The van der Waals surface area contributed by atoms with Crippen LogP contribution in [0.25, 0.3) is 0 Å². The molecule has 2 amide bonds. The molecule has 0 aliphatic carbocycles. The molecule has 2 atom stereocenters. The molecule has 5 rings (SSSR count). The number of benzene rings is 3. The van der Waals surface area contributed by atoms with Crippen molar-refractivity contribution in [2.45, 2.75) is 32.4 Å². The Bertz CT molecular complexity index is 1250. The second-order valence-electron chi connectivity index (χ2n) is 8.70. The van der Waals surface area contributed by atoms with Crippen molar-refractivity contribution < 1.29 is 23.8 Å². The predicted molar refractivity (Wildman–Crippen MR) is 131 cm³/mol. The summed E-state index contributed by atoms with van der Waals surface area (Å²) in [5, 5.41) is 2.88. The molecule has 0 saturated heterocycles. The summed E-state index contributed by atoms with van der Waals surface area (Å²) in [6, 6.07) is 22.0. The number of hydrogen-bond donors (Lipinski definition) is 1. The minimum atomic E-state index is -0.729. The third kappa shape index (κ3) is 5.19. The van der Waals surface area contributed by atoms with Gasteiger partial charge in [-0.05, 0) is 48.6 Å². The number of amides is 2. The number of carbonyl (C=O) groups is 2. The van der Waals surface area contributed by atoms with Crippen molar-refractivity contribution in [2.75, 3.05) is 6.79 Å². The van der Waals surface area contributed by atoms with Gasteiger partial charge in [0.1, 0.15) is 12.5 Å². The number of aryl methyl sites for hydroxylation is 2. The van der Waals surface area contributed by atoms with E-state index in [0.717, 1.165) is 22.3 Å². The molecule has 7 heteroatoms. The fourth-order valence-electron chi connectivity index (χ4n) is 4.36. The maximum atomic E-state index is 13.4. The van der Waals surface area contributed by atoms with Crippen LogP contribution in [0.15, 0.2) is 77.8 Å². The van der Waals surface area contributed by atoms with Gasteiger partial charge in [-0.1, -0.05) is 66.2 Å². The average molecular weight is 471 g/mol. The Morgan fingerprint density at radius 3 is 2.54 bits per heavy atom. The molecule has 35 heavy (non-hydrogen) atoms. The number of hydrogen-bond acceptors (Lipinski definition) is 5. The number of nitrogens with zero attached hydrogens (tertiary/aromatic N) is 1. The van der Waals surface area contributed by atoms with E-state index in [-0.39, 0.29) is 13.4 Å². The molecule has 3 aromatic carbocycles. The molecule has 1 N–H and O–H groups in total. The smallest absolute Gasteiger partial charge is 0.341 e. The van der Waals surface area contributed by atoms with Gasteiger partial charge in [0.05, 0.1) is 6.04 Å². The Morgan fingerprint density at radius 1 is 0.971 bits per heavy atom. The lowest BCUT2D eigenvalue weighted by Crippen LogP contribution is -2.45. The minimum Gasteiger partial charge on any atom is -0.460 e. The van der Waals surface area contributed by atoms with Gasteiger partial charge >= 0.3 is 12.0 Å². The third-order valence-corrected chi connectivity index (χ3v) is 6.24. The molecule has 2 unspecified atom stereocenters. The highest BCUT2D eigenvalue weighted by molar-refractivity contribution is 6.09. The standard InChI is InChI=1S/C28H26N2O5/c1-18-7-11-21(12-8-18)26-25(27(31)33-16-20-5-3-2-4-6-20)22(29-28(32)30-26)13-9-19-10-14-23-24(15-19)35-17-34-23/h2-8,10-12,14-15,25-26H,9,13,16-17H2,1H3,(H,30,32). The second-order valence-corrected chi connectivity index (χ2v) is 8.70. The van der Waals surface area contributed by atoms with Crippen LogP contribution < -0.4 is 14.8 Å². The van der Waals surface area contributed by atoms with E-state index in [0.29, 0.717) is 30.1 Å². The first-order valence-electron chi connectivity index (χ1n) is 11.6. The average Bonchev–Trinajstić information content (AvgIpc) is 3.35. The van der Waals surface area contributed by atoms with Gasteiger partial charge in [-0.15, -0.1) is 0 Å². The third-order valence-electron chi connectivity index (χ3n) is 6.24. The number of rotatable bonds is 7. The molecule has 0 fully saturated rings. The molecule has 2 heterocycles. The Balaban J connectivity index is 1.39. The van der Waals surface area contributed by atoms with Crippen molar-refractivity contribution in [3.63, 3.8) is 0 Å². The van der Waals surface area contributed by atoms with Crippen LogP contribution in [0.1, 0.15) is 34.7 Å². The topological polar surface area (TPSA) is 86.2 Å². The Hall–Kier alpha value is -4.13. The maximum absolute atomic E-state index is 13.4. The summed E-state index contributed by atoms with van der Waals surface area (Å²) in [6.45, 7) is 2.35. The molecular formula is C28H26N2O5. The van der Waals surface area contributed by atoms with Gasteiger partial charge < -0.3 is 19.5 Å². The monoisotopic (exact) mass is 470 g/mol. The van der Waals surface area contributed by atoms with Crippen LogP contribution in [0.2, 0.25) is 0 Å². The van der Waals surface area contributed by atoms with Gasteiger partial charge in [-0.2, -0.15) is 0 Å². The molecule has 0 saturated carbocycles. The summed E-state index contributed by atoms with van der Waals surface area (Å²) >= 11 is 0. The highest BCUT2D eigenvalue weighted by Crippen LogP contribution is 2.34. The lowest BCUT2D eigenvalue weighted by Gasteiger charge is -2.31. The summed E-state index contributed by atoms with van der Waals surface area (Å²) in [6.07, 6.45) is 1.02. The molecule has 2 aliphatic heterocycles. The van der Waals surface area contributed by atoms with Crippen LogP contribution >= 0.6 is 0 Å². The van der Waals surface area contributed by atoms with E-state index >= 15 is 0 Å². The fraction of sp³-hybridized carbons (Fsp3) is 0.250. The number of aliphatic imine (C=N–C) groups is 1. The molecule has 0 aromatic heterocycles. The summed E-state index contributed by atoms with van der Waals surface area (Å²) in [5.41, 5.74) is 4.34. The molecule has 0 spiro atoms. The Kier molecular flexibility index (Phi) is 6.48. The number of nitrogens with one attached hydrogen (secondary N) is 1. The van der Waals surface area contributed by atoms with Crippen LogP contribution in [0.4, 0.5) is 4.79 Å². The summed E-state index contributed by atoms with van der Waals surface area (Å²) < 4.78 is 16.6. The van der Waals surface area contributed by atoms with Crippen LogP contribution in [-0.2, 0) is 22.6 Å². The maximum Gasteiger partial charge on any atom is 0.341 e. The molecule has 7 nitrogen and oxygen atoms in total. The first kappa shape index (κ1) is 22.7. The SMILES string of the molecule is Cc1ccc(C2NC(=O)N=C(CCc3ccc4c(c3)OCO4)C2C(=O)OCc2ccccc2)cc1. The number of urea groups is 1. The largest absolute Gasteiger partial charge is 0.460 e. The summed E-state index contributed by atoms with van der Waals surface area (Å²) in [5.74, 6) is 0.268. The molecular weight excluding hydrogens is 444 g/mol. The molecule has 3 aromatic rings. The quantitative estimate of drug-likeness (QED) is 0.495. The van der Waals surface area contributed by atoms with E-state index in [4.69, 9.17) is 14.2 Å². The van der Waals surface area contributed by atoms with Crippen molar-refractivity contribution in [3.8, 4) is 11.5 Å². The van der Waals surface area contributed by atoms with Crippen LogP contribution in [0.3, 0.4) is 0 Å². The van der Waals surface area contributed by atoms with Crippen LogP contribution in [-0.4, -0.2) is 24.5 Å². The molecule has 178 valence electrons. The minimum absolute atomic E-state index is 0.153. The van der Waals surface area contributed by atoms with E-state index < -0.39 is 24.0 Å². The first-order valence-corrected chi connectivity index (χ1v) is 11.6. The Labute approximate surface area is 203 Å². The highest BCUT2D eigenvalue weighted by Gasteiger charge is 2.39. The highest BCUT2D eigenvalue weighted by atomic mass is 16.7. The first-order chi connectivity index (χ1) is 17.1. The van der Waals surface area contributed by atoms with E-state index in [1.807, 2.05) is 79.7 Å². The Morgan fingerprint density at radius 2 is 1.74 bits per heavy atom. The van der Waals surface area contributed by atoms with E-state index in [1.54, 1.807) is 0 Å². The van der Waals surface area contributed by atoms with Crippen molar-refractivity contribution in [1.82, 2.24) is 5.32 Å². The van der Waals surface area contributed by atoms with Gasteiger partial charge in [-0.3, -0.25) is 4.79 Å². The van der Waals surface area contributed by atoms with Gasteiger partial charge in [0.25, 0.3) is 0 Å². The van der Waals surface area contributed by atoms with Crippen LogP contribution in [0.5, 0.6) is 11.5 Å². The zero-order valence-electron chi connectivity index (χ0n) is 19.4. The zero-order valence-corrected chi connectivity index (χ0v) is 19.4. The van der Waals surface area contributed by atoms with E-state index in [2.05, 4.69) is 10.3 Å². The fourth-order valence-corrected chi connectivity index (χ4v) is 4.36. The van der Waals surface area contributed by atoms with Gasteiger partial charge in [0, 0.05) is 5.71 Å². The lowest BCUT2D eigenvalue weighted by atomic mass is 9.85. The molecule has 0 radical (unpaired) electrons. The summed E-state index contributed by atoms with van der Waals surface area (Å²) in [4.78, 5) is 30.2. The van der Waals surface area contributed by atoms with Gasteiger partial charge in [0.15, 0.2) is 11.5 Å². The zero-order chi connectivity index (χ0) is 24.2. The second kappa shape index (κ2) is 10.0. The summed E-state index contributed by atoms with van der Waals surface area (Å²) in [7, 11) is 0. The number of carbonyl (C=O) groups excluding carboxylic acids is 2. The van der Waals surface area contributed by atoms with Crippen LogP contribution in [0, 0.1) is 12.8 Å². The molecule has 0 bridgehead atoms. The number of esters is 1. The number of fused-ring (bicyclic) bond motifs is 1. The van der Waals surface area contributed by atoms with Crippen molar-refractivity contribution in [3.05, 3.63) is 95.1 Å². The van der Waals surface area contributed by atoms with Gasteiger partial charge in [-0.25, -0.2) is 9.79 Å². The number of ether oxygens (including phenoxy) is 3. The van der Waals surface area contributed by atoms with Crippen molar-refractivity contribution >= 4 is 17.7 Å². The van der Waals surface area contributed by atoms with E-state index in [1.165, 1.54) is 0 Å².